The van der Waals surface area contributed by atoms with Crippen molar-refractivity contribution in [3.05, 3.63) is 59.7 Å². The van der Waals surface area contributed by atoms with Gasteiger partial charge in [0.15, 0.2) is 5.78 Å². The number of ether oxygens (including phenoxy) is 2. The Kier molecular flexibility index (Phi) is 8.81. The van der Waals surface area contributed by atoms with Gasteiger partial charge in [-0.3, -0.25) is 4.79 Å². The molecule has 0 aliphatic heterocycles. The van der Waals surface area contributed by atoms with Crippen LogP contribution in [0.4, 0.5) is 0 Å². The Morgan fingerprint density at radius 3 is 2.78 bits per heavy atom. The van der Waals surface area contributed by atoms with E-state index >= 15 is 0 Å². The molecule has 2 rings (SSSR count). The standard InChI is InChI=1S/C22H29NO4/c1-3-13-23-15-19(24)16-27-22-10-5-4-7-17(22)11-12-21(25)18-8-6-9-20(14-18)26-2/h4-10,14,19,23-24H,3,11-13,15-16H2,1-2H3. The van der Waals surface area contributed by atoms with E-state index in [1.54, 1.807) is 19.2 Å². The highest BCUT2D eigenvalue weighted by Crippen LogP contribution is 2.21. The highest BCUT2D eigenvalue weighted by Gasteiger charge is 2.11. The van der Waals surface area contributed by atoms with Gasteiger partial charge in [-0.15, -0.1) is 0 Å². The maximum atomic E-state index is 12.5. The number of nitrogens with one attached hydrogen (secondary N) is 1. The van der Waals surface area contributed by atoms with Crippen LogP contribution in [0.15, 0.2) is 48.5 Å². The first-order valence-electron chi connectivity index (χ1n) is 9.40. The second kappa shape index (κ2) is 11.4. The van der Waals surface area contributed by atoms with Gasteiger partial charge in [0, 0.05) is 18.5 Å². The fourth-order valence-corrected chi connectivity index (χ4v) is 2.73. The Balaban J connectivity index is 1.90. The van der Waals surface area contributed by atoms with Gasteiger partial charge in [-0.2, -0.15) is 0 Å². The van der Waals surface area contributed by atoms with E-state index in [9.17, 15) is 9.90 Å². The Morgan fingerprint density at radius 2 is 2.00 bits per heavy atom. The van der Waals surface area contributed by atoms with E-state index in [0.29, 0.717) is 36.4 Å². The molecule has 0 amide bonds. The Morgan fingerprint density at radius 1 is 1.19 bits per heavy atom. The maximum Gasteiger partial charge on any atom is 0.163 e. The summed E-state index contributed by atoms with van der Waals surface area (Å²) in [7, 11) is 1.59. The second-order valence-electron chi connectivity index (χ2n) is 6.43. The quantitative estimate of drug-likeness (QED) is 0.443. The van der Waals surface area contributed by atoms with Crippen molar-refractivity contribution in [2.24, 2.45) is 0 Å². The van der Waals surface area contributed by atoms with Crippen molar-refractivity contribution in [3.8, 4) is 11.5 Å². The molecule has 2 aromatic rings. The molecule has 0 fully saturated rings. The van der Waals surface area contributed by atoms with Crippen molar-refractivity contribution in [3.63, 3.8) is 0 Å². The van der Waals surface area contributed by atoms with Gasteiger partial charge in [0.1, 0.15) is 24.2 Å². The molecule has 146 valence electrons. The lowest BCUT2D eigenvalue weighted by Gasteiger charge is -2.15. The number of hydrogen-bond donors (Lipinski definition) is 2. The summed E-state index contributed by atoms with van der Waals surface area (Å²) in [6.45, 7) is 3.68. The molecular weight excluding hydrogens is 342 g/mol. The summed E-state index contributed by atoms with van der Waals surface area (Å²) < 4.78 is 11.0. The molecule has 0 radical (unpaired) electrons. The molecule has 0 spiro atoms. The summed E-state index contributed by atoms with van der Waals surface area (Å²) in [4.78, 5) is 12.5. The number of benzene rings is 2. The molecule has 0 aromatic heterocycles. The summed E-state index contributed by atoms with van der Waals surface area (Å²) in [6, 6.07) is 14.8. The molecule has 1 unspecified atom stereocenters. The van der Waals surface area contributed by atoms with E-state index in [0.717, 1.165) is 18.5 Å². The van der Waals surface area contributed by atoms with Crippen LogP contribution < -0.4 is 14.8 Å². The molecule has 0 aliphatic rings. The van der Waals surface area contributed by atoms with E-state index in [1.165, 1.54) is 0 Å². The largest absolute Gasteiger partial charge is 0.497 e. The Hall–Kier alpha value is -2.37. The third-order valence-electron chi connectivity index (χ3n) is 4.22. The van der Waals surface area contributed by atoms with Gasteiger partial charge in [-0.05, 0) is 43.1 Å². The van der Waals surface area contributed by atoms with Crippen molar-refractivity contribution in [1.82, 2.24) is 5.32 Å². The van der Waals surface area contributed by atoms with Crippen molar-refractivity contribution in [2.45, 2.75) is 32.3 Å². The first-order valence-corrected chi connectivity index (χ1v) is 9.40. The number of carbonyl (C=O) groups is 1. The summed E-state index contributed by atoms with van der Waals surface area (Å²) >= 11 is 0. The van der Waals surface area contributed by atoms with E-state index in [4.69, 9.17) is 9.47 Å². The summed E-state index contributed by atoms with van der Waals surface area (Å²) in [5.74, 6) is 1.45. The number of Topliss-reactive ketones (excluding diaryl/α,β-unsaturated/α-hetero) is 1. The topological polar surface area (TPSA) is 67.8 Å². The third-order valence-corrected chi connectivity index (χ3v) is 4.22. The number of para-hydroxylation sites is 1. The van der Waals surface area contributed by atoms with Crippen LogP contribution >= 0.6 is 0 Å². The average molecular weight is 371 g/mol. The Bertz CT molecular complexity index is 717. The van der Waals surface area contributed by atoms with Gasteiger partial charge in [-0.1, -0.05) is 37.3 Å². The second-order valence-corrected chi connectivity index (χ2v) is 6.43. The monoisotopic (exact) mass is 371 g/mol. The first kappa shape index (κ1) is 20.9. The molecule has 1 atom stereocenters. The van der Waals surface area contributed by atoms with E-state index in [2.05, 4.69) is 12.2 Å². The van der Waals surface area contributed by atoms with Crippen molar-refractivity contribution in [2.75, 3.05) is 26.8 Å². The maximum absolute atomic E-state index is 12.5. The van der Waals surface area contributed by atoms with Gasteiger partial charge < -0.3 is 19.9 Å². The number of aliphatic hydroxyl groups excluding tert-OH is 1. The van der Waals surface area contributed by atoms with Crippen LogP contribution in [0.2, 0.25) is 0 Å². The minimum atomic E-state index is -0.567. The lowest BCUT2D eigenvalue weighted by atomic mass is 10.0. The number of methoxy groups -OCH3 is 1. The van der Waals surface area contributed by atoms with Gasteiger partial charge in [0.25, 0.3) is 0 Å². The zero-order chi connectivity index (χ0) is 19.5. The van der Waals surface area contributed by atoms with E-state index in [1.807, 2.05) is 36.4 Å². The van der Waals surface area contributed by atoms with Crippen LogP contribution in [-0.2, 0) is 6.42 Å². The molecule has 2 N–H and O–H groups in total. The van der Waals surface area contributed by atoms with Crippen molar-refractivity contribution in [1.29, 1.82) is 0 Å². The number of aliphatic hydroxyl groups is 1. The average Bonchev–Trinajstić information content (AvgIpc) is 2.71. The SMILES string of the molecule is CCCNCC(O)COc1ccccc1CCC(=O)c1cccc(OC)c1. The highest BCUT2D eigenvalue weighted by atomic mass is 16.5. The van der Waals surface area contributed by atoms with Crippen molar-refractivity contribution < 1.29 is 19.4 Å². The van der Waals surface area contributed by atoms with Crippen LogP contribution in [0.25, 0.3) is 0 Å². The van der Waals surface area contributed by atoms with Gasteiger partial charge in [0.2, 0.25) is 0 Å². The smallest absolute Gasteiger partial charge is 0.163 e. The van der Waals surface area contributed by atoms with Crippen LogP contribution in [-0.4, -0.2) is 43.8 Å². The van der Waals surface area contributed by atoms with E-state index < -0.39 is 6.10 Å². The van der Waals surface area contributed by atoms with Gasteiger partial charge in [0.05, 0.1) is 7.11 Å². The molecule has 0 bridgehead atoms. The zero-order valence-corrected chi connectivity index (χ0v) is 16.1. The molecule has 0 saturated heterocycles. The normalized spacial score (nSPS) is 11.8. The number of aryl methyl sites for hydroxylation is 1. The fourth-order valence-electron chi connectivity index (χ4n) is 2.73. The molecule has 0 heterocycles. The first-order chi connectivity index (χ1) is 13.1. The lowest BCUT2D eigenvalue weighted by Crippen LogP contribution is -2.31. The van der Waals surface area contributed by atoms with Gasteiger partial charge >= 0.3 is 0 Å². The molecule has 5 nitrogen and oxygen atoms in total. The number of carbonyl (C=O) groups excluding carboxylic acids is 1. The molecule has 27 heavy (non-hydrogen) atoms. The molecular formula is C22H29NO4. The summed E-state index contributed by atoms with van der Waals surface area (Å²) in [6.07, 6.45) is 1.42. The molecule has 0 saturated carbocycles. The molecule has 2 aromatic carbocycles. The summed E-state index contributed by atoms with van der Waals surface area (Å²) in [5, 5.41) is 13.2. The Labute approximate surface area is 161 Å². The lowest BCUT2D eigenvalue weighted by molar-refractivity contribution is 0.0979. The van der Waals surface area contributed by atoms with Gasteiger partial charge in [-0.25, -0.2) is 0 Å². The predicted octanol–water partition coefficient (Wildman–Crippen LogP) is 3.25. The minimum Gasteiger partial charge on any atom is -0.497 e. The number of ketones is 1. The molecule has 0 aliphatic carbocycles. The highest BCUT2D eigenvalue weighted by molar-refractivity contribution is 5.96. The zero-order valence-electron chi connectivity index (χ0n) is 16.1. The van der Waals surface area contributed by atoms with Crippen LogP contribution in [0, 0.1) is 0 Å². The van der Waals surface area contributed by atoms with Crippen molar-refractivity contribution >= 4 is 5.78 Å². The predicted molar refractivity (Wildman–Crippen MR) is 107 cm³/mol. The third kappa shape index (κ3) is 7.04. The number of hydrogen-bond acceptors (Lipinski definition) is 5. The number of rotatable bonds is 12. The van der Waals surface area contributed by atoms with Crippen LogP contribution in [0.1, 0.15) is 35.7 Å². The fraction of sp³-hybridized carbons (Fsp3) is 0.409. The van der Waals surface area contributed by atoms with Crippen LogP contribution in [0.3, 0.4) is 0 Å². The molecule has 5 heteroatoms. The van der Waals surface area contributed by atoms with E-state index in [-0.39, 0.29) is 12.4 Å². The summed E-state index contributed by atoms with van der Waals surface area (Å²) in [5.41, 5.74) is 1.60. The minimum absolute atomic E-state index is 0.0625. The van der Waals surface area contributed by atoms with Crippen LogP contribution in [0.5, 0.6) is 11.5 Å².